The summed E-state index contributed by atoms with van der Waals surface area (Å²) in [6, 6.07) is 6.21. The zero-order valence-electron chi connectivity index (χ0n) is 11.9. The predicted octanol–water partition coefficient (Wildman–Crippen LogP) is 3.62. The van der Waals surface area contributed by atoms with E-state index in [0.29, 0.717) is 0 Å². The molecule has 0 spiro atoms. The van der Waals surface area contributed by atoms with Gasteiger partial charge in [-0.25, -0.2) is 0 Å². The maximum atomic E-state index is 6.44. The van der Waals surface area contributed by atoms with Crippen LogP contribution >= 0.6 is 11.6 Å². The number of hydrogen-bond acceptors (Lipinski definition) is 2. The number of benzene rings is 1. The molecular formula is C16H23ClN2. The molecule has 2 fully saturated rings. The number of hydrogen-bond donors (Lipinski definition) is 1. The normalized spacial score (nSPS) is 28.3. The Hall–Kier alpha value is -0.730. The van der Waals surface area contributed by atoms with Gasteiger partial charge in [0.05, 0.1) is 10.7 Å². The largest absolute Gasteiger partial charge is 0.368 e. The number of nitrogens with one attached hydrogen (secondary N) is 1. The summed E-state index contributed by atoms with van der Waals surface area (Å²) in [5.41, 5.74) is 2.77. The van der Waals surface area contributed by atoms with Crippen molar-refractivity contribution < 1.29 is 0 Å². The van der Waals surface area contributed by atoms with Crippen molar-refractivity contribution in [2.45, 2.75) is 38.6 Å². The summed E-state index contributed by atoms with van der Waals surface area (Å²) >= 11 is 6.44. The number of halogens is 1. The van der Waals surface area contributed by atoms with Crippen LogP contribution in [-0.4, -0.2) is 25.2 Å². The molecule has 3 heteroatoms. The van der Waals surface area contributed by atoms with E-state index in [1.54, 1.807) is 0 Å². The minimum atomic E-state index is 0.252. The molecule has 0 amide bonds. The molecule has 1 unspecified atom stereocenters. The highest BCUT2D eigenvalue weighted by Gasteiger charge is 2.43. The van der Waals surface area contributed by atoms with Crippen molar-refractivity contribution >= 4 is 17.3 Å². The first-order chi connectivity index (χ1) is 9.10. The molecule has 1 aliphatic carbocycles. The monoisotopic (exact) mass is 278 g/mol. The van der Waals surface area contributed by atoms with Crippen LogP contribution in [0.15, 0.2) is 18.2 Å². The van der Waals surface area contributed by atoms with E-state index in [0.717, 1.165) is 30.6 Å². The molecule has 1 saturated heterocycles. The quantitative estimate of drug-likeness (QED) is 0.889. The molecular weight excluding hydrogens is 256 g/mol. The van der Waals surface area contributed by atoms with Gasteiger partial charge in [0.1, 0.15) is 0 Å². The summed E-state index contributed by atoms with van der Waals surface area (Å²) in [6.45, 7) is 7.83. The van der Waals surface area contributed by atoms with Crippen LogP contribution in [-0.2, 0) is 0 Å². The van der Waals surface area contributed by atoms with Crippen molar-refractivity contribution in [1.29, 1.82) is 0 Å². The van der Waals surface area contributed by atoms with E-state index in [4.69, 9.17) is 11.6 Å². The molecule has 1 atom stereocenters. The summed E-state index contributed by atoms with van der Waals surface area (Å²) in [5.74, 6) is 0.843. The summed E-state index contributed by atoms with van der Waals surface area (Å²) < 4.78 is 0. The Morgan fingerprint density at radius 2 is 2.16 bits per heavy atom. The number of aryl methyl sites for hydroxylation is 1. The van der Waals surface area contributed by atoms with Crippen molar-refractivity contribution in [3.63, 3.8) is 0 Å². The van der Waals surface area contributed by atoms with Gasteiger partial charge in [-0.05, 0) is 57.2 Å². The van der Waals surface area contributed by atoms with Crippen LogP contribution in [0.25, 0.3) is 0 Å². The second kappa shape index (κ2) is 4.99. The molecule has 104 valence electrons. The highest BCUT2D eigenvalue weighted by Crippen LogP contribution is 2.42. The molecule has 1 saturated carbocycles. The van der Waals surface area contributed by atoms with Gasteiger partial charge in [0.25, 0.3) is 0 Å². The molecule has 1 aliphatic heterocycles. The van der Waals surface area contributed by atoms with Crippen LogP contribution in [0, 0.1) is 12.8 Å². The van der Waals surface area contributed by atoms with Crippen molar-refractivity contribution in [1.82, 2.24) is 5.32 Å². The number of rotatable bonds is 2. The summed E-state index contributed by atoms with van der Waals surface area (Å²) in [4.78, 5) is 2.50. The van der Waals surface area contributed by atoms with Crippen LogP contribution in [0.1, 0.15) is 31.7 Å². The average Bonchev–Trinajstić information content (AvgIpc) is 3.16. The SMILES string of the molecule is Cc1cccc(Cl)c1N1CCCNC(C)(C2CC2)C1. The Morgan fingerprint density at radius 1 is 1.37 bits per heavy atom. The van der Waals surface area contributed by atoms with Gasteiger partial charge in [0.15, 0.2) is 0 Å². The molecule has 1 aromatic carbocycles. The minimum absolute atomic E-state index is 0.252. The minimum Gasteiger partial charge on any atom is -0.368 e. The number of anilines is 1. The van der Waals surface area contributed by atoms with Gasteiger partial charge in [0.2, 0.25) is 0 Å². The van der Waals surface area contributed by atoms with Gasteiger partial charge < -0.3 is 10.2 Å². The molecule has 1 N–H and O–H groups in total. The maximum Gasteiger partial charge on any atom is 0.0642 e. The molecule has 0 radical (unpaired) electrons. The van der Waals surface area contributed by atoms with Gasteiger partial charge in [-0.15, -0.1) is 0 Å². The van der Waals surface area contributed by atoms with Crippen molar-refractivity contribution in [2.75, 3.05) is 24.5 Å². The molecule has 19 heavy (non-hydrogen) atoms. The van der Waals surface area contributed by atoms with Crippen LogP contribution in [0.3, 0.4) is 0 Å². The van der Waals surface area contributed by atoms with Gasteiger partial charge >= 0.3 is 0 Å². The van der Waals surface area contributed by atoms with Gasteiger partial charge in [0, 0.05) is 18.6 Å². The van der Waals surface area contributed by atoms with E-state index in [9.17, 15) is 0 Å². The standard InChI is InChI=1S/C16H23ClN2/c1-12-5-3-6-14(17)15(12)19-10-4-9-18-16(2,11-19)13-7-8-13/h3,5-6,13,18H,4,7-11H2,1-2H3. The Labute approximate surface area is 121 Å². The van der Waals surface area contributed by atoms with E-state index in [1.165, 1.54) is 30.5 Å². The fraction of sp³-hybridized carbons (Fsp3) is 0.625. The fourth-order valence-electron chi connectivity index (χ4n) is 3.38. The Balaban J connectivity index is 1.90. The summed E-state index contributed by atoms with van der Waals surface area (Å²) in [7, 11) is 0. The third-order valence-electron chi connectivity index (χ3n) is 4.64. The molecule has 0 bridgehead atoms. The van der Waals surface area contributed by atoms with Crippen molar-refractivity contribution in [3.8, 4) is 0 Å². The van der Waals surface area contributed by atoms with E-state index in [2.05, 4.69) is 30.1 Å². The summed E-state index contributed by atoms with van der Waals surface area (Å²) in [6.07, 6.45) is 3.94. The van der Waals surface area contributed by atoms with Gasteiger partial charge in [-0.3, -0.25) is 0 Å². The van der Waals surface area contributed by atoms with Crippen LogP contribution in [0.2, 0.25) is 5.02 Å². The third kappa shape index (κ3) is 2.61. The third-order valence-corrected chi connectivity index (χ3v) is 4.94. The molecule has 0 aromatic heterocycles. The van der Waals surface area contributed by atoms with Crippen molar-refractivity contribution in [3.05, 3.63) is 28.8 Å². The van der Waals surface area contributed by atoms with Gasteiger partial charge in [-0.1, -0.05) is 23.7 Å². The molecule has 3 rings (SSSR count). The highest BCUT2D eigenvalue weighted by atomic mass is 35.5. The topological polar surface area (TPSA) is 15.3 Å². The number of nitrogens with zero attached hydrogens (tertiary/aromatic N) is 1. The van der Waals surface area contributed by atoms with Crippen LogP contribution < -0.4 is 10.2 Å². The lowest BCUT2D eigenvalue weighted by Crippen LogP contribution is -2.51. The fourth-order valence-corrected chi connectivity index (χ4v) is 3.72. The van der Waals surface area contributed by atoms with E-state index >= 15 is 0 Å². The van der Waals surface area contributed by atoms with Crippen LogP contribution in [0.5, 0.6) is 0 Å². The lowest BCUT2D eigenvalue weighted by molar-refractivity contribution is 0.331. The predicted molar refractivity (Wildman–Crippen MR) is 82.2 cm³/mol. The maximum absolute atomic E-state index is 6.44. The molecule has 1 heterocycles. The van der Waals surface area contributed by atoms with Crippen molar-refractivity contribution in [2.24, 2.45) is 5.92 Å². The second-order valence-electron chi connectivity index (χ2n) is 6.30. The van der Waals surface area contributed by atoms with E-state index in [-0.39, 0.29) is 5.54 Å². The average molecular weight is 279 g/mol. The summed E-state index contributed by atoms with van der Waals surface area (Å²) in [5, 5.41) is 4.66. The van der Waals surface area contributed by atoms with E-state index in [1.807, 2.05) is 12.1 Å². The Bertz CT molecular complexity index is 450. The molecule has 2 nitrogen and oxygen atoms in total. The zero-order valence-corrected chi connectivity index (χ0v) is 12.6. The van der Waals surface area contributed by atoms with Crippen LogP contribution in [0.4, 0.5) is 5.69 Å². The van der Waals surface area contributed by atoms with E-state index < -0.39 is 0 Å². The van der Waals surface area contributed by atoms with Gasteiger partial charge in [-0.2, -0.15) is 0 Å². The first-order valence-electron chi connectivity index (χ1n) is 7.35. The number of para-hydroxylation sites is 1. The highest BCUT2D eigenvalue weighted by molar-refractivity contribution is 6.33. The lowest BCUT2D eigenvalue weighted by atomic mass is 9.95. The Kier molecular flexibility index (Phi) is 3.48. The smallest absolute Gasteiger partial charge is 0.0642 e. The second-order valence-corrected chi connectivity index (χ2v) is 6.71. The first kappa shape index (κ1) is 13.3. The first-order valence-corrected chi connectivity index (χ1v) is 7.73. The zero-order chi connectivity index (χ0) is 13.5. The molecule has 1 aromatic rings. The molecule has 2 aliphatic rings. The Morgan fingerprint density at radius 3 is 2.84 bits per heavy atom. The lowest BCUT2D eigenvalue weighted by Gasteiger charge is -2.36.